The number of morpholine rings is 1. The molecule has 1 aromatic heterocycles. The highest BCUT2D eigenvalue weighted by Crippen LogP contribution is 2.34. The van der Waals surface area contributed by atoms with Gasteiger partial charge in [-0.05, 0) is 35.7 Å². The Morgan fingerprint density at radius 2 is 1.70 bits per heavy atom. The summed E-state index contributed by atoms with van der Waals surface area (Å²) in [6.45, 7) is 5.00. The quantitative estimate of drug-likeness (QED) is 0.276. The lowest BCUT2D eigenvalue weighted by molar-refractivity contribution is -0.118. The van der Waals surface area contributed by atoms with Gasteiger partial charge >= 0.3 is 0 Å². The van der Waals surface area contributed by atoms with Crippen LogP contribution in [0.3, 0.4) is 0 Å². The number of aromatic nitrogens is 1. The molecule has 1 fully saturated rings. The van der Waals surface area contributed by atoms with E-state index < -0.39 is 0 Å². The van der Waals surface area contributed by atoms with E-state index in [-0.39, 0.29) is 11.8 Å². The van der Waals surface area contributed by atoms with Gasteiger partial charge in [-0.1, -0.05) is 72.0 Å². The fourth-order valence-electron chi connectivity index (χ4n) is 4.82. The Kier molecular flexibility index (Phi) is 8.46. The number of methoxy groups -OCH3 is 1. The lowest BCUT2D eigenvalue weighted by atomic mass is 9.88. The molecule has 0 atom stereocenters. The maximum absolute atomic E-state index is 14.0. The van der Waals surface area contributed by atoms with E-state index in [1.165, 1.54) is 0 Å². The van der Waals surface area contributed by atoms with Crippen molar-refractivity contribution in [3.05, 3.63) is 90.0 Å². The first-order valence-electron chi connectivity index (χ1n) is 12.9. The Morgan fingerprint density at radius 3 is 2.35 bits per heavy atom. The lowest BCUT2D eigenvalue weighted by Crippen LogP contribution is -2.39. The third-order valence-electron chi connectivity index (χ3n) is 6.86. The molecule has 1 aliphatic rings. The SMILES string of the molecule is COc1ccc2nc(N(CCCN3CCOCC3)C(=O)CC(c3ccccc3)c3ccccc3)sc2c1. The minimum Gasteiger partial charge on any atom is -0.497 e. The van der Waals surface area contributed by atoms with Gasteiger partial charge in [-0.25, -0.2) is 4.98 Å². The summed E-state index contributed by atoms with van der Waals surface area (Å²) >= 11 is 1.55. The number of anilines is 1. The molecule has 1 amide bonds. The van der Waals surface area contributed by atoms with E-state index in [1.54, 1.807) is 18.4 Å². The molecule has 3 aromatic carbocycles. The van der Waals surface area contributed by atoms with Gasteiger partial charge in [-0.3, -0.25) is 14.6 Å². The zero-order valence-corrected chi connectivity index (χ0v) is 22.0. The number of amides is 1. The molecule has 5 rings (SSSR count). The van der Waals surface area contributed by atoms with Gasteiger partial charge in [0.2, 0.25) is 5.91 Å². The summed E-state index contributed by atoms with van der Waals surface area (Å²) in [5.41, 5.74) is 3.17. The van der Waals surface area contributed by atoms with E-state index in [0.717, 1.165) is 71.5 Å². The van der Waals surface area contributed by atoms with Crippen LogP contribution in [0.4, 0.5) is 5.13 Å². The van der Waals surface area contributed by atoms with Crippen LogP contribution in [-0.2, 0) is 9.53 Å². The Morgan fingerprint density at radius 1 is 1.03 bits per heavy atom. The second-order valence-corrected chi connectivity index (χ2v) is 10.3. The topological polar surface area (TPSA) is 54.9 Å². The van der Waals surface area contributed by atoms with Crippen LogP contribution >= 0.6 is 11.3 Å². The fourth-order valence-corrected chi connectivity index (χ4v) is 5.86. The molecule has 0 radical (unpaired) electrons. The monoisotopic (exact) mass is 515 g/mol. The zero-order chi connectivity index (χ0) is 25.5. The van der Waals surface area contributed by atoms with Crippen LogP contribution in [0.2, 0.25) is 0 Å². The highest BCUT2D eigenvalue weighted by molar-refractivity contribution is 7.22. The molecule has 37 heavy (non-hydrogen) atoms. The third kappa shape index (κ3) is 6.36. The Balaban J connectivity index is 1.41. The average Bonchev–Trinajstić information content (AvgIpc) is 3.38. The number of nitrogens with zero attached hydrogens (tertiary/aromatic N) is 3. The van der Waals surface area contributed by atoms with Crippen molar-refractivity contribution in [1.29, 1.82) is 0 Å². The van der Waals surface area contributed by atoms with Gasteiger partial charge in [0.05, 0.1) is 30.5 Å². The van der Waals surface area contributed by atoms with Crippen molar-refractivity contribution < 1.29 is 14.3 Å². The molecule has 2 heterocycles. The minimum atomic E-state index is -0.0221. The standard InChI is InChI=1S/C30H33N3O3S/c1-35-25-13-14-27-28(21-25)37-30(31-27)33(16-8-15-32-17-19-36-20-18-32)29(34)22-26(23-9-4-2-5-10-23)24-11-6-3-7-12-24/h2-7,9-14,21,26H,8,15-20,22H2,1H3. The summed E-state index contributed by atoms with van der Waals surface area (Å²) in [5.74, 6) is 0.859. The summed E-state index contributed by atoms with van der Waals surface area (Å²) in [4.78, 5) is 23.2. The van der Waals surface area contributed by atoms with E-state index in [1.807, 2.05) is 59.5 Å². The summed E-state index contributed by atoms with van der Waals surface area (Å²) in [5, 5.41) is 0.745. The molecule has 4 aromatic rings. The zero-order valence-electron chi connectivity index (χ0n) is 21.2. The molecule has 6 nitrogen and oxygen atoms in total. The maximum Gasteiger partial charge on any atom is 0.229 e. The Hall–Kier alpha value is -3.26. The molecule has 0 unspecified atom stereocenters. The number of thiazole rings is 1. The molecule has 0 bridgehead atoms. The van der Waals surface area contributed by atoms with Gasteiger partial charge in [0, 0.05) is 38.5 Å². The van der Waals surface area contributed by atoms with Crippen molar-refractivity contribution in [3.63, 3.8) is 0 Å². The number of ether oxygens (including phenoxy) is 2. The second-order valence-electron chi connectivity index (χ2n) is 9.26. The van der Waals surface area contributed by atoms with Crippen molar-refractivity contribution >= 4 is 32.6 Å². The summed E-state index contributed by atoms with van der Waals surface area (Å²) in [6.07, 6.45) is 1.26. The van der Waals surface area contributed by atoms with E-state index >= 15 is 0 Å². The molecule has 0 spiro atoms. The van der Waals surface area contributed by atoms with Crippen LogP contribution < -0.4 is 9.64 Å². The molecular weight excluding hydrogens is 482 g/mol. The Bertz CT molecular complexity index is 1250. The molecule has 7 heteroatoms. The van der Waals surface area contributed by atoms with Gasteiger partial charge in [0.1, 0.15) is 5.75 Å². The smallest absolute Gasteiger partial charge is 0.229 e. The van der Waals surface area contributed by atoms with Gasteiger partial charge in [0.25, 0.3) is 0 Å². The largest absolute Gasteiger partial charge is 0.497 e. The number of fused-ring (bicyclic) bond motifs is 1. The van der Waals surface area contributed by atoms with E-state index in [0.29, 0.717) is 13.0 Å². The molecule has 0 aliphatic carbocycles. The normalized spacial score (nSPS) is 14.2. The number of hydrogen-bond donors (Lipinski definition) is 0. The lowest BCUT2D eigenvalue weighted by Gasteiger charge is -2.28. The molecule has 1 aliphatic heterocycles. The maximum atomic E-state index is 14.0. The van der Waals surface area contributed by atoms with Crippen molar-refractivity contribution in [2.45, 2.75) is 18.8 Å². The molecule has 0 N–H and O–H groups in total. The number of benzene rings is 3. The first-order chi connectivity index (χ1) is 18.2. The molecule has 1 saturated heterocycles. The van der Waals surface area contributed by atoms with Crippen LogP contribution in [0.5, 0.6) is 5.75 Å². The highest BCUT2D eigenvalue weighted by Gasteiger charge is 2.25. The summed E-state index contributed by atoms with van der Waals surface area (Å²) < 4.78 is 11.9. The van der Waals surface area contributed by atoms with Crippen molar-refractivity contribution in [3.8, 4) is 5.75 Å². The van der Waals surface area contributed by atoms with E-state index in [4.69, 9.17) is 14.5 Å². The van der Waals surface area contributed by atoms with E-state index in [9.17, 15) is 4.79 Å². The first kappa shape index (κ1) is 25.4. The van der Waals surface area contributed by atoms with E-state index in [2.05, 4.69) is 29.2 Å². The first-order valence-corrected chi connectivity index (χ1v) is 13.7. The van der Waals surface area contributed by atoms with Crippen LogP contribution in [0, 0.1) is 0 Å². The van der Waals surface area contributed by atoms with Crippen molar-refractivity contribution in [2.24, 2.45) is 0 Å². The fraction of sp³-hybridized carbons (Fsp3) is 0.333. The average molecular weight is 516 g/mol. The number of carbonyl (C=O) groups is 1. The Labute approximate surface area is 222 Å². The predicted molar refractivity (Wildman–Crippen MR) is 150 cm³/mol. The minimum absolute atomic E-state index is 0.0221. The number of hydrogen-bond acceptors (Lipinski definition) is 6. The van der Waals surface area contributed by atoms with Crippen LogP contribution in [0.15, 0.2) is 78.9 Å². The molecule has 0 saturated carbocycles. The van der Waals surface area contributed by atoms with Gasteiger partial charge < -0.3 is 9.47 Å². The highest BCUT2D eigenvalue weighted by atomic mass is 32.1. The van der Waals surface area contributed by atoms with Crippen molar-refractivity contribution in [1.82, 2.24) is 9.88 Å². The van der Waals surface area contributed by atoms with Crippen molar-refractivity contribution in [2.75, 3.05) is 51.4 Å². The van der Waals surface area contributed by atoms with Crippen LogP contribution in [0.1, 0.15) is 29.9 Å². The van der Waals surface area contributed by atoms with Crippen LogP contribution in [-0.4, -0.2) is 62.3 Å². The summed E-state index contributed by atoms with van der Waals surface area (Å²) in [7, 11) is 1.66. The number of carbonyl (C=O) groups excluding carboxylic acids is 1. The predicted octanol–water partition coefficient (Wildman–Crippen LogP) is 5.58. The number of rotatable bonds is 10. The second kappa shape index (κ2) is 12.3. The van der Waals surface area contributed by atoms with Gasteiger partial charge in [-0.2, -0.15) is 0 Å². The molecule has 192 valence electrons. The third-order valence-corrected chi connectivity index (χ3v) is 7.90. The molecular formula is C30H33N3O3S. The van der Waals surface area contributed by atoms with Crippen LogP contribution in [0.25, 0.3) is 10.2 Å². The van der Waals surface area contributed by atoms with Gasteiger partial charge in [0.15, 0.2) is 5.13 Å². The summed E-state index contributed by atoms with van der Waals surface area (Å²) in [6, 6.07) is 26.5. The van der Waals surface area contributed by atoms with Gasteiger partial charge in [-0.15, -0.1) is 0 Å².